The average molecular weight is 330 g/mol. The summed E-state index contributed by atoms with van der Waals surface area (Å²) in [5, 5.41) is 0. The van der Waals surface area contributed by atoms with Gasteiger partial charge in [0.05, 0.1) is 12.7 Å². The number of hydrogen-bond acceptors (Lipinski definition) is 2. The molecule has 0 radical (unpaired) electrons. The maximum absolute atomic E-state index is 14.5. The molecule has 0 spiro atoms. The van der Waals surface area contributed by atoms with Crippen LogP contribution in [0, 0.1) is 35.4 Å². The van der Waals surface area contributed by atoms with E-state index in [4.69, 9.17) is 4.74 Å². The molecule has 3 unspecified atom stereocenters. The summed E-state index contributed by atoms with van der Waals surface area (Å²) in [6.07, 6.45) is 4.98. The number of carbonyl (C=O) groups is 1. The van der Waals surface area contributed by atoms with Crippen molar-refractivity contribution in [2.45, 2.75) is 45.9 Å². The quantitative estimate of drug-likeness (QED) is 0.585. The van der Waals surface area contributed by atoms with E-state index >= 15 is 0 Å². The first-order valence-corrected chi connectivity index (χ1v) is 9.35. The van der Waals surface area contributed by atoms with Crippen molar-refractivity contribution in [3.05, 3.63) is 29.1 Å². The third kappa shape index (κ3) is 3.25. The molecule has 0 aromatic heterocycles. The SMILES string of the molecule is BCc1cc(F)c(C(=O)C[C@@H]2CC(C3CC3)C(C)C2C)c(OC)c1. The highest BCUT2D eigenvalue weighted by Gasteiger charge is 2.45. The lowest BCUT2D eigenvalue weighted by Gasteiger charge is -2.19. The third-order valence-electron chi connectivity index (χ3n) is 6.52. The van der Waals surface area contributed by atoms with Gasteiger partial charge in [0.25, 0.3) is 0 Å². The Bertz CT molecular complexity index is 626. The van der Waals surface area contributed by atoms with Crippen molar-refractivity contribution in [1.29, 1.82) is 0 Å². The van der Waals surface area contributed by atoms with Gasteiger partial charge in [-0.1, -0.05) is 20.2 Å². The smallest absolute Gasteiger partial charge is 0.169 e. The Morgan fingerprint density at radius 2 is 2.00 bits per heavy atom. The Balaban J connectivity index is 1.77. The van der Waals surface area contributed by atoms with Gasteiger partial charge < -0.3 is 4.74 Å². The Hall–Kier alpha value is -1.32. The van der Waals surface area contributed by atoms with Crippen molar-refractivity contribution in [3.8, 4) is 5.75 Å². The molecule has 0 aliphatic heterocycles. The molecule has 0 N–H and O–H groups in total. The summed E-state index contributed by atoms with van der Waals surface area (Å²) >= 11 is 0. The second kappa shape index (κ2) is 6.89. The fraction of sp³-hybridized carbons (Fsp3) is 0.650. The first-order chi connectivity index (χ1) is 11.5. The van der Waals surface area contributed by atoms with Gasteiger partial charge in [0.1, 0.15) is 19.4 Å². The van der Waals surface area contributed by atoms with Gasteiger partial charge in [-0.15, -0.1) is 0 Å². The number of ether oxygens (including phenoxy) is 1. The van der Waals surface area contributed by atoms with E-state index in [0.717, 1.165) is 30.1 Å². The van der Waals surface area contributed by atoms with Crippen LogP contribution in [-0.2, 0) is 6.32 Å². The van der Waals surface area contributed by atoms with E-state index in [1.165, 1.54) is 26.0 Å². The normalized spacial score (nSPS) is 29.7. The van der Waals surface area contributed by atoms with E-state index in [2.05, 4.69) is 13.8 Å². The highest BCUT2D eigenvalue weighted by molar-refractivity contribution is 6.08. The molecule has 2 fully saturated rings. The second-order valence-electron chi connectivity index (χ2n) is 7.85. The van der Waals surface area contributed by atoms with Gasteiger partial charge in [0.15, 0.2) is 5.78 Å². The summed E-state index contributed by atoms with van der Waals surface area (Å²) in [7, 11) is 3.48. The average Bonchev–Trinajstić information content (AvgIpc) is 3.36. The van der Waals surface area contributed by atoms with Crippen molar-refractivity contribution < 1.29 is 13.9 Å². The molecule has 24 heavy (non-hydrogen) atoms. The molecule has 2 nitrogen and oxygen atoms in total. The lowest BCUT2D eigenvalue weighted by molar-refractivity contribution is 0.0942. The number of rotatable bonds is 6. The maximum Gasteiger partial charge on any atom is 0.169 e. The molecule has 1 aromatic carbocycles. The fourth-order valence-corrected chi connectivity index (χ4v) is 4.62. The first-order valence-electron chi connectivity index (χ1n) is 9.35. The van der Waals surface area contributed by atoms with Crippen LogP contribution in [0.25, 0.3) is 0 Å². The van der Waals surface area contributed by atoms with Crippen LogP contribution in [0.3, 0.4) is 0 Å². The predicted molar refractivity (Wildman–Crippen MR) is 96.8 cm³/mol. The highest BCUT2D eigenvalue weighted by atomic mass is 19.1. The summed E-state index contributed by atoms with van der Waals surface area (Å²) in [5.74, 6) is 3.04. The van der Waals surface area contributed by atoms with E-state index in [9.17, 15) is 9.18 Å². The van der Waals surface area contributed by atoms with Crippen molar-refractivity contribution in [2.75, 3.05) is 7.11 Å². The lowest BCUT2D eigenvalue weighted by atomic mass is 9.86. The van der Waals surface area contributed by atoms with Gasteiger partial charge in [-0.3, -0.25) is 4.79 Å². The molecule has 3 rings (SSSR count). The Kier molecular flexibility index (Phi) is 5.03. The zero-order valence-electron chi connectivity index (χ0n) is 15.3. The van der Waals surface area contributed by atoms with Gasteiger partial charge in [-0.25, -0.2) is 4.39 Å². The molecule has 0 bridgehead atoms. The molecule has 0 heterocycles. The summed E-state index contributed by atoms with van der Waals surface area (Å²) in [6, 6.07) is 3.27. The minimum atomic E-state index is -0.436. The lowest BCUT2D eigenvalue weighted by Crippen LogP contribution is -2.16. The standard InChI is InChI=1S/C20H28BFO2/c1-11-12(2)16(14-4-5-14)8-15(11)9-18(23)20-17(22)6-13(10-21)7-19(20)24-3/h6-7,11-12,14-16H,4-5,8-10,21H2,1-3H3/t11?,12?,15-,16?/m0/s1. The summed E-state index contributed by atoms with van der Waals surface area (Å²) in [6.45, 7) is 4.59. The molecule has 1 aromatic rings. The van der Waals surface area contributed by atoms with Crippen molar-refractivity contribution in [1.82, 2.24) is 0 Å². The van der Waals surface area contributed by atoms with E-state index < -0.39 is 5.82 Å². The van der Waals surface area contributed by atoms with Crippen LogP contribution in [0.2, 0.25) is 0 Å². The summed E-state index contributed by atoms with van der Waals surface area (Å²) in [4.78, 5) is 12.8. The van der Waals surface area contributed by atoms with Crippen LogP contribution < -0.4 is 4.74 Å². The van der Waals surface area contributed by atoms with Crippen LogP contribution >= 0.6 is 0 Å². The number of hydrogen-bond donors (Lipinski definition) is 0. The molecule has 2 aliphatic rings. The molecule has 4 heteroatoms. The number of halogens is 1. The fourth-order valence-electron chi connectivity index (χ4n) is 4.62. The molecule has 0 amide bonds. The van der Waals surface area contributed by atoms with Gasteiger partial charge in [-0.05, 0) is 66.5 Å². The molecule has 2 aliphatic carbocycles. The molecule has 4 atom stereocenters. The van der Waals surface area contributed by atoms with Crippen LogP contribution in [-0.4, -0.2) is 20.7 Å². The van der Waals surface area contributed by atoms with E-state index in [-0.39, 0.29) is 11.3 Å². The Morgan fingerprint density at radius 1 is 1.29 bits per heavy atom. The van der Waals surface area contributed by atoms with Crippen LogP contribution in [0.4, 0.5) is 4.39 Å². The van der Waals surface area contributed by atoms with Crippen molar-refractivity contribution in [3.63, 3.8) is 0 Å². The monoisotopic (exact) mass is 330 g/mol. The number of benzene rings is 1. The second-order valence-corrected chi connectivity index (χ2v) is 7.85. The van der Waals surface area contributed by atoms with Gasteiger partial charge in [0, 0.05) is 6.42 Å². The zero-order chi connectivity index (χ0) is 17.4. The minimum absolute atomic E-state index is 0.104. The third-order valence-corrected chi connectivity index (χ3v) is 6.52. The molecular formula is C20H28BFO2. The minimum Gasteiger partial charge on any atom is -0.496 e. The van der Waals surface area contributed by atoms with E-state index in [1.54, 1.807) is 6.07 Å². The number of ketones is 1. The van der Waals surface area contributed by atoms with E-state index in [0.29, 0.717) is 29.9 Å². The first kappa shape index (κ1) is 17.5. The number of carbonyl (C=O) groups excluding carboxylic acids is 1. The van der Waals surface area contributed by atoms with Crippen LogP contribution in [0.1, 0.15) is 55.5 Å². The van der Waals surface area contributed by atoms with Crippen LogP contribution in [0.5, 0.6) is 5.75 Å². The van der Waals surface area contributed by atoms with Gasteiger partial charge in [-0.2, -0.15) is 0 Å². The van der Waals surface area contributed by atoms with Gasteiger partial charge in [0.2, 0.25) is 0 Å². The number of methoxy groups -OCH3 is 1. The summed E-state index contributed by atoms with van der Waals surface area (Å²) in [5.41, 5.74) is 1.00. The Labute approximate surface area is 145 Å². The van der Waals surface area contributed by atoms with Crippen LogP contribution in [0.15, 0.2) is 12.1 Å². The van der Waals surface area contributed by atoms with Gasteiger partial charge >= 0.3 is 0 Å². The predicted octanol–water partition coefficient (Wildman–Crippen LogP) is 3.86. The highest BCUT2D eigenvalue weighted by Crippen LogP contribution is 2.53. The van der Waals surface area contributed by atoms with Crippen molar-refractivity contribution in [2.24, 2.45) is 29.6 Å². The number of Topliss-reactive ketones (excluding diaryl/α,β-unsaturated/α-hetero) is 1. The summed E-state index contributed by atoms with van der Waals surface area (Å²) < 4.78 is 19.8. The maximum atomic E-state index is 14.5. The van der Waals surface area contributed by atoms with E-state index in [1.807, 2.05) is 7.85 Å². The molecule has 2 saturated carbocycles. The topological polar surface area (TPSA) is 26.3 Å². The molecule has 0 saturated heterocycles. The molecule has 130 valence electrons. The Morgan fingerprint density at radius 3 is 2.58 bits per heavy atom. The largest absolute Gasteiger partial charge is 0.496 e. The van der Waals surface area contributed by atoms with Crippen molar-refractivity contribution >= 4 is 13.6 Å². The molecular weight excluding hydrogens is 302 g/mol. The zero-order valence-corrected chi connectivity index (χ0v) is 15.3.